The van der Waals surface area contributed by atoms with Crippen LogP contribution in [0, 0.1) is 0 Å². The number of benzene rings is 1. The summed E-state index contributed by atoms with van der Waals surface area (Å²) in [6.07, 6.45) is 7.66. The molecule has 0 saturated heterocycles. The summed E-state index contributed by atoms with van der Waals surface area (Å²) in [6.45, 7) is 3.83. The normalized spacial score (nSPS) is 18.0. The van der Waals surface area contributed by atoms with Gasteiger partial charge in [-0.1, -0.05) is 12.8 Å². The van der Waals surface area contributed by atoms with Crippen LogP contribution < -0.4 is 20.1 Å². The van der Waals surface area contributed by atoms with Crippen molar-refractivity contribution in [2.45, 2.75) is 58.1 Å². The SMILES string of the molecule is CCOc1cc2c(cc1/C=C/C(=O)OCC(=O)NC(=O)NC1CCCC1)O[C@H](C)C2. The largest absolute Gasteiger partial charge is 0.493 e. The highest BCUT2D eigenvalue weighted by atomic mass is 16.5. The van der Waals surface area contributed by atoms with E-state index in [1.807, 2.05) is 26.0 Å². The third-order valence-corrected chi connectivity index (χ3v) is 5.02. The molecule has 1 aromatic carbocycles. The number of imide groups is 1. The maximum absolute atomic E-state index is 12.0. The van der Waals surface area contributed by atoms with Crippen LogP contribution in [-0.2, 0) is 20.7 Å². The van der Waals surface area contributed by atoms with Gasteiger partial charge in [0.05, 0.1) is 6.61 Å². The first-order chi connectivity index (χ1) is 14.4. The van der Waals surface area contributed by atoms with E-state index in [1.165, 1.54) is 6.08 Å². The molecule has 8 nitrogen and oxygen atoms in total. The van der Waals surface area contributed by atoms with Crippen LogP contribution in [0.15, 0.2) is 18.2 Å². The second-order valence-electron chi connectivity index (χ2n) is 7.51. The van der Waals surface area contributed by atoms with E-state index in [1.54, 1.807) is 6.08 Å². The molecule has 8 heteroatoms. The standard InChI is InChI=1S/C22H28N2O6/c1-3-28-18-12-16-10-14(2)30-19(16)11-15(18)8-9-21(26)29-13-20(25)24-22(27)23-17-6-4-5-7-17/h8-9,11-12,14,17H,3-7,10,13H2,1-2H3,(H2,23,24,25,27)/b9-8+/t14-/m1/s1. The first-order valence-electron chi connectivity index (χ1n) is 10.4. The van der Waals surface area contributed by atoms with Crippen molar-refractivity contribution in [3.63, 3.8) is 0 Å². The lowest BCUT2D eigenvalue weighted by molar-refractivity contribution is -0.143. The minimum absolute atomic E-state index is 0.0992. The van der Waals surface area contributed by atoms with Crippen molar-refractivity contribution in [1.82, 2.24) is 10.6 Å². The topological polar surface area (TPSA) is 103 Å². The number of nitrogens with one attached hydrogen (secondary N) is 2. The molecule has 1 aliphatic heterocycles. The summed E-state index contributed by atoms with van der Waals surface area (Å²) in [7, 11) is 0. The van der Waals surface area contributed by atoms with Crippen molar-refractivity contribution < 1.29 is 28.6 Å². The lowest BCUT2D eigenvalue weighted by atomic mass is 10.1. The highest BCUT2D eigenvalue weighted by Crippen LogP contribution is 2.35. The fraction of sp³-hybridized carbons (Fsp3) is 0.500. The van der Waals surface area contributed by atoms with Gasteiger partial charge in [-0.25, -0.2) is 9.59 Å². The number of fused-ring (bicyclic) bond motifs is 1. The predicted octanol–water partition coefficient (Wildman–Crippen LogP) is 2.73. The molecule has 2 aliphatic rings. The number of hydrogen-bond donors (Lipinski definition) is 2. The molecule has 1 saturated carbocycles. The molecule has 0 radical (unpaired) electrons. The molecule has 1 atom stereocenters. The number of urea groups is 1. The molecule has 1 aromatic rings. The number of hydrogen-bond acceptors (Lipinski definition) is 6. The van der Waals surface area contributed by atoms with Crippen LogP contribution in [-0.4, -0.2) is 43.3 Å². The van der Waals surface area contributed by atoms with Gasteiger partial charge in [-0.2, -0.15) is 0 Å². The van der Waals surface area contributed by atoms with Gasteiger partial charge < -0.3 is 19.5 Å². The van der Waals surface area contributed by atoms with Crippen molar-refractivity contribution in [1.29, 1.82) is 0 Å². The molecule has 1 aliphatic carbocycles. The van der Waals surface area contributed by atoms with E-state index in [4.69, 9.17) is 14.2 Å². The Morgan fingerprint density at radius 3 is 2.73 bits per heavy atom. The molecule has 30 heavy (non-hydrogen) atoms. The molecule has 1 fully saturated rings. The van der Waals surface area contributed by atoms with Crippen molar-refractivity contribution in [3.8, 4) is 11.5 Å². The Morgan fingerprint density at radius 2 is 2.00 bits per heavy atom. The Labute approximate surface area is 175 Å². The number of carbonyl (C=O) groups excluding carboxylic acids is 3. The van der Waals surface area contributed by atoms with Crippen LogP contribution >= 0.6 is 0 Å². The lowest BCUT2D eigenvalue weighted by Gasteiger charge is -2.12. The van der Waals surface area contributed by atoms with E-state index in [0.717, 1.165) is 43.4 Å². The van der Waals surface area contributed by atoms with Crippen molar-refractivity contribution >= 4 is 24.0 Å². The summed E-state index contributed by atoms with van der Waals surface area (Å²) < 4.78 is 16.3. The summed E-state index contributed by atoms with van der Waals surface area (Å²) >= 11 is 0. The fourth-order valence-electron chi connectivity index (χ4n) is 3.66. The zero-order valence-electron chi connectivity index (χ0n) is 17.4. The number of carbonyl (C=O) groups is 3. The predicted molar refractivity (Wildman–Crippen MR) is 110 cm³/mol. The summed E-state index contributed by atoms with van der Waals surface area (Å²) in [5.41, 5.74) is 1.75. The van der Waals surface area contributed by atoms with Crippen molar-refractivity contribution in [3.05, 3.63) is 29.3 Å². The maximum atomic E-state index is 12.0. The van der Waals surface area contributed by atoms with Gasteiger partial charge in [0.2, 0.25) is 0 Å². The third kappa shape index (κ3) is 5.98. The van der Waals surface area contributed by atoms with Gasteiger partial charge in [0, 0.05) is 29.7 Å². The second-order valence-corrected chi connectivity index (χ2v) is 7.51. The summed E-state index contributed by atoms with van der Waals surface area (Å²) in [5.74, 6) is 0.0479. The summed E-state index contributed by atoms with van der Waals surface area (Å²) in [5, 5.41) is 4.90. The number of esters is 1. The van der Waals surface area contributed by atoms with Gasteiger partial charge in [-0.3, -0.25) is 10.1 Å². The smallest absolute Gasteiger partial charge is 0.331 e. The van der Waals surface area contributed by atoms with E-state index < -0.39 is 24.5 Å². The summed E-state index contributed by atoms with van der Waals surface area (Å²) in [6, 6.07) is 3.28. The molecular weight excluding hydrogens is 388 g/mol. The first kappa shape index (κ1) is 21.7. The molecule has 0 aromatic heterocycles. The van der Waals surface area contributed by atoms with E-state index in [-0.39, 0.29) is 12.1 Å². The van der Waals surface area contributed by atoms with E-state index in [9.17, 15) is 14.4 Å². The Balaban J connectivity index is 1.50. The van der Waals surface area contributed by atoms with E-state index in [2.05, 4.69) is 10.6 Å². The Kier molecular flexibility index (Phi) is 7.32. The van der Waals surface area contributed by atoms with Crippen molar-refractivity contribution in [2.75, 3.05) is 13.2 Å². The molecule has 3 amide bonds. The van der Waals surface area contributed by atoms with E-state index in [0.29, 0.717) is 17.9 Å². The molecule has 2 N–H and O–H groups in total. The van der Waals surface area contributed by atoms with Gasteiger partial charge in [-0.15, -0.1) is 0 Å². The molecular formula is C22H28N2O6. The molecule has 1 heterocycles. The minimum atomic E-state index is -0.696. The molecule has 0 bridgehead atoms. The van der Waals surface area contributed by atoms with Gasteiger partial charge in [0.1, 0.15) is 17.6 Å². The lowest BCUT2D eigenvalue weighted by Crippen LogP contribution is -2.44. The van der Waals surface area contributed by atoms with Gasteiger partial charge >= 0.3 is 12.0 Å². The number of ether oxygens (including phenoxy) is 3. The Hall–Kier alpha value is -3.03. The minimum Gasteiger partial charge on any atom is -0.493 e. The van der Waals surface area contributed by atoms with Crippen LogP contribution in [0.4, 0.5) is 4.79 Å². The quantitative estimate of drug-likeness (QED) is 0.523. The van der Waals surface area contributed by atoms with Crippen LogP contribution in [0.25, 0.3) is 6.08 Å². The summed E-state index contributed by atoms with van der Waals surface area (Å²) in [4.78, 5) is 35.5. The van der Waals surface area contributed by atoms with Crippen LogP contribution in [0.3, 0.4) is 0 Å². The zero-order chi connectivity index (χ0) is 21.5. The fourth-order valence-corrected chi connectivity index (χ4v) is 3.66. The Morgan fingerprint density at radius 1 is 1.23 bits per heavy atom. The molecule has 162 valence electrons. The molecule has 3 rings (SSSR count). The maximum Gasteiger partial charge on any atom is 0.331 e. The highest BCUT2D eigenvalue weighted by Gasteiger charge is 2.21. The van der Waals surface area contributed by atoms with Crippen LogP contribution in [0.1, 0.15) is 50.7 Å². The number of amides is 3. The highest BCUT2D eigenvalue weighted by molar-refractivity contribution is 5.96. The molecule has 0 spiro atoms. The van der Waals surface area contributed by atoms with Crippen LogP contribution in [0.2, 0.25) is 0 Å². The van der Waals surface area contributed by atoms with E-state index >= 15 is 0 Å². The van der Waals surface area contributed by atoms with Gasteiger partial charge in [0.25, 0.3) is 5.91 Å². The van der Waals surface area contributed by atoms with Gasteiger partial charge in [-0.05, 0) is 44.9 Å². The van der Waals surface area contributed by atoms with Crippen molar-refractivity contribution in [2.24, 2.45) is 0 Å². The second kappa shape index (κ2) is 10.1. The first-order valence-corrected chi connectivity index (χ1v) is 10.4. The van der Waals surface area contributed by atoms with Crippen LogP contribution in [0.5, 0.6) is 11.5 Å². The average Bonchev–Trinajstić information content (AvgIpc) is 3.32. The third-order valence-electron chi connectivity index (χ3n) is 5.02. The average molecular weight is 416 g/mol. The number of rotatable bonds is 7. The monoisotopic (exact) mass is 416 g/mol. The zero-order valence-corrected chi connectivity index (χ0v) is 17.4. The Bertz CT molecular complexity index is 829. The molecule has 0 unspecified atom stereocenters. The van der Waals surface area contributed by atoms with Gasteiger partial charge in [0.15, 0.2) is 6.61 Å².